The van der Waals surface area contributed by atoms with Gasteiger partial charge >= 0.3 is 12.1 Å². The number of rotatable bonds is 4. The fourth-order valence-electron chi connectivity index (χ4n) is 2.59. The molecule has 1 aliphatic rings. The highest BCUT2D eigenvalue weighted by molar-refractivity contribution is 7.81. The van der Waals surface area contributed by atoms with Crippen LogP contribution in [0.2, 0.25) is 5.02 Å². The van der Waals surface area contributed by atoms with E-state index in [2.05, 4.69) is 17.4 Å². The van der Waals surface area contributed by atoms with Crippen molar-refractivity contribution in [1.82, 2.24) is 4.90 Å². The van der Waals surface area contributed by atoms with E-state index in [0.717, 1.165) is 0 Å². The highest BCUT2D eigenvalue weighted by atomic mass is 35.5. The van der Waals surface area contributed by atoms with Crippen molar-refractivity contribution in [3.8, 4) is 0 Å². The third-order valence-electron chi connectivity index (χ3n) is 3.68. The molecule has 1 aromatic carbocycles. The van der Waals surface area contributed by atoms with Crippen LogP contribution in [0.5, 0.6) is 0 Å². The first-order valence-electron chi connectivity index (χ1n) is 7.00. The standard InChI is InChI=1S/C15H18ClNO5S/c1-20-14(18)12(9-5-3-4-6-10(9)16)17-8-7-11(23)13(17)22-15(19)21-2/h3-6,11-13,23H,7-8H2,1-2H3/t11?,12-,13?/m0/s1. The Bertz CT molecular complexity index is 585. The topological polar surface area (TPSA) is 65.1 Å². The van der Waals surface area contributed by atoms with Gasteiger partial charge in [0, 0.05) is 11.6 Å². The van der Waals surface area contributed by atoms with E-state index in [1.807, 2.05) is 0 Å². The summed E-state index contributed by atoms with van der Waals surface area (Å²) < 4.78 is 14.7. The Morgan fingerprint density at radius 3 is 2.61 bits per heavy atom. The second-order valence-electron chi connectivity index (χ2n) is 5.00. The molecule has 0 radical (unpaired) electrons. The zero-order valence-corrected chi connectivity index (χ0v) is 14.4. The average Bonchev–Trinajstić information content (AvgIpc) is 2.90. The molecule has 1 aromatic rings. The van der Waals surface area contributed by atoms with Crippen molar-refractivity contribution in [1.29, 1.82) is 0 Å². The van der Waals surface area contributed by atoms with E-state index in [1.54, 1.807) is 29.2 Å². The van der Waals surface area contributed by atoms with Crippen LogP contribution in [0.4, 0.5) is 4.79 Å². The maximum atomic E-state index is 12.3. The number of halogens is 1. The molecule has 0 amide bonds. The van der Waals surface area contributed by atoms with E-state index >= 15 is 0 Å². The van der Waals surface area contributed by atoms with E-state index in [9.17, 15) is 9.59 Å². The van der Waals surface area contributed by atoms with Gasteiger partial charge in [0.25, 0.3) is 0 Å². The molecule has 0 aromatic heterocycles. The number of methoxy groups -OCH3 is 2. The van der Waals surface area contributed by atoms with Crippen LogP contribution in [0, 0.1) is 0 Å². The third kappa shape index (κ3) is 3.91. The molecule has 3 atom stereocenters. The van der Waals surface area contributed by atoms with E-state index in [-0.39, 0.29) is 5.25 Å². The van der Waals surface area contributed by atoms with Crippen LogP contribution in [-0.2, 0) is 19.0 Å². The Labute approximate surface area is 145 Å². The van der Waals surface area contributed by atoms with Gasteiger partial charge in [0.05, 0.1) is 19.5 Å². The minimum Gasteiger partial charge on any atom is -0.468 e. The molecule has 0 saturated carbocycles. The molecule has 2 rings (SSSR count). The molecule has 0 N–H and O–H groups in total. The summed E-state index contributed by atoms with van der Waals surface area (Å²) in [7, 11) is 2.53. The van der Waals surface area contributed by atoms with Crippen LogP contribution in [0.25, 0.3) is 0 Å². The zero-order chi connectivity index (χ0) is 17.0. The second kappa shape index (κ2) is 7.90. The number of benzene rings is 1. The first kappa shape index (κ1) is 17.9. The quantitative estimate of drug-likeness (QED) is 0.658. The lowest BCUT2D eigenvalue weighted by atomic mass is 10.1. The molecule has 1 saturated heterocycles. The lowest BCUT2D eigenvalue weighted by Gasteiger charge is -2.32. The van der Waals surface area contributed by atoms with Crippen molar-refractivity contribution >= 4 is 36.4 Å². The monoisotopic (exact) mass is 359 g/mol. The number of carbonyl (C=O) groups excluding carboxylic acids is 2. The van der Waals surface area contributed by atoms with Gasteiger partial charge in [-0.15, -0.1) is 0 Å². The molecule has 1 fully saturated rings. The smallest absolute Gasteiger partial charge is 0.468 e. The Morgan fingerprint density at radius 2 is 2.00 bits per heavy atom. The molecule has 23 heavy (non-hydrogen) atoms. The Balaban J connectivity index is 2.36. The molecule has 0 bridgehead atoms. The summed E-state index contributed by atoms with van der Waals surface area (Å²) in [5.74, 6) is -0.487. The van der Waals surface area contributed by atoms with Crippen molar-refractivity contribution in [2.75, 3.05) is 20.8 Å². The number of esters is 1. The maximum Gasteiger partial charge on any atom is 0.509 e. The zero-order valence-electron chi connectivity index (χ0n) is 12.8. The van der Waals surface area contributed by atoms with Gasteiger partial charge in [-0.05, 0) is 18.1 Å². The van der Waals surface area contributed by atoms with Crippen molar-refractivity contribution in [2.45, 2.75) is 23.9 Å². The lowest BCUT2D eigenvalue weighted by Crippen LogP contribution is -2.43. The fraction of sp³-hybridized carbons (Fsp3) is 0.467. The summed E-state index contributed by atoms with van der Waals surface area (Å²) in [5, 5.41) is 0.186. The molecule has 0 spiro atoms. The molecular formula is C15H18ClNO5S. The van der Waals surface area contributed by atoms with Gasteiger partial charge < -0.3 is 14.2 Å². The summed E-state index contributed by atoms with van der Waals surface area (Å²) in [5.41, 5.74) is 0.585. The normalized spacial score (nSPS) is 22.4. The number of likely N-dealkylation sites (tertiary alicyclic amines) is 1. The van der Waals surface area contributed by atoms with Crippen molar-refractivity contribution in [2.24, 2.45) is 0 Å². The van der Waals surface area contributed by atoms with E-state index < -0.39 is 24.4 Å². The molecule has 6 nitrogen and oxygen atoms in total. The van der Waals surface area contributed by atoms with E-state index in [1.165, 1.54) is 14.2 Å². The van der Waals surface area contributed by atoms with Gasteiger partial charge in [-0.1, -0.05) is 29.8 Å². The summed E-state index contributed by atoms with van der Waals surface area (Å²) in [4.78, 5) is 25.5. The summed E-state index contributed by atoms with van der Waals surface area (Å²) >= 11 is 10.7. The van der Waals surface area contributed by atoms with Crippen LogP contribution >= 0.6 is 24.2 Å². The number of hydrogen-bond acceptors (Lipinski definition) is 7. The van der Waals surface area contributed by atoms with Gasteiger partial charge in [0.1, 0.15) is 6.04 Å². The fourth-order valence-corrected chi connectivity index (χ4v) is 3.18. The highest BCUT2D eigenvalue weighted by Crippen LogP contribution is 2.36. The lowest BCUT2D eigenvalue weighted by molar-refractivity contribution is -0.151. The average molecular weight is 360 g/mol. The molecular weight excluding hydrogens is 342 g/mol. The van der Waals surface area contributed by atoms with Crippen molar-refractivity contribution in [3.05, 3.63) is 34.9 Å². The predicted molar refractivity (Wildman–Crippen MR) is 87.6 cm³/mol. The van der Waals surface area contributed by atoms with Crippen molar-refractivity contribution in [3.63, 3.8) is 0 Å². The van der Waals surface area contributed by atoms with Crippen LogP contribution in [0.3, 0.4) is 0 Å². The second-order valence-corrected chi connectivity index (χ2v) is 6.07. The van der Waals surface area contributed by atoms with Crippen LogP contribution in [-0.4, -0.2) is 49.3 Å². The van der Waals surface area contributed by atoms with Crippen LogP contribution < -0.4 is 0 Å². The molecule has 126 valence electrons. The minimum absolute atomic E-state index is 0.247. The van der Waals surface area contributed by atoms with Gasteiger partial charge in [-0.3, -0.25) is 0 Å². The summed E-state index contributed by atoms with van der Waals surface area (Å²) in [6, 6.07) is 6.19. The molecule has 0 aliphatic carbocycles. The van der Waals surface area contributed by atoms with Crippen molar-refractivity contribution < 1.29 is 23.8 Å². The molecule has 1 aliphatic heterocycles. The van der Waals surface area contributed by atoms with Gasteiger partial charge in [0.15, 0.2) is 6.23 Å². The number of thiol groups is 1. The van der Waals surface area contributed by atoms with Gasteiger partial charge in [-0.25, -0.2) is 14.5 Å². The summed E-state index contributed by atoms with van der Waals surface area (Å²) in [6.07, 6.45) is -0.905. The largest absolute Gasteiger partial charge is 0.509 e. The Kier molecular flexibility index (Phi) is 6.15. The van der Waals surface area contributed by atoms with Crippen LogP contribution in [0.1, 0.15) is 18.0 Å². The molecule has 2 unspecified atom stereocenters. The van der Waals surface area contributed by atoms with Gasteiger partial charge in [0.2, 0.25) is 0 Å². The minimum atomic E-state index is -0.830. The van der Waals surface area contributed by atoms with Gasteiger partial charge in [-0.2, -0.15) is 12.6 Å². The predicted octanol–water partition coefficient (Wildman–Crippen LogP) is 2.67. The summed E-state index contributed by atoms with van der Waals surface area (Å²) in [6.45, 7) is 0.501. The number of nitrogens with zero attached hydrogens (tertiary/aromatic N) is 1. The Hall–Kier alpha value is -1.44. The first-order chi connectivity index (χ1) is 11.0. The molecule has 1 heterocycles. The first-order valence-corrected chi connectivity index (χ1v) is 7.89. The maximum absolute atomic E-state index is 12.3. The van der Waals surface area contributed by atoms with Crippen LogP contribution in [0.15, 0.2) is 24.3 Å². The van der Waals surface area contributed by atoms with E-state index in [4.69, 9.17) is 21.1 Å². The number of hydrogen-bond donors (Lipinski definition) is 1. The molecule has 8 heteroatoms. The number of ether oxygens (including phenoxy) is 3. The SMILES string of the molecule is COC(=O)OC1C(S)CCN1[C@H](C(=O)OC)c1ccccc1Cl. The Morgan fingerprint density at radius 1 is 1.30 bits per heavy atom. The highest BCUT2D eigenvalue weighted by Gasteiger charge is 2.43. The number of carbonyl (C=O) groups is 2. The third-order valence-corrected chi connectivity index (χ3v) is 4.54. The van der Waals surface area contributed by atoms with E-state index in [0.29, 0.717) is 23.6 Å².